The Morgan fingerprint density at radius 3 is 2.46 bits per heavy atom. The van der Waals surface area contributed by atoms with Gasteiger partial charge in [-0.15, -0.1) is 0 Å². The number of carbonyl (C=O) groups is 2. The van der Waals surface area contributed by atoms with Crippen molar-refractivity contribution in [1.82, 2.24) is 15.1 Å². The number of amides is 2. The van der Waals surface area contributed by atoms with Crippen molar-refractivity contribution in [2.24, 2.45) is 5.92 Å². The normalized spacial score (nSPS) is 22.0. The Bertz CT molecular complexity index is 652. The third kappa shape index (κ3) is 3.78. The molecule has 0 aromatic heterocycles. The molecule has 142 valence electrons. The van der Waals surface area contributed by atoms with Crippen molar-refractivity contribution in [2.45, 2.75) is 58.2 Å². The van der Waals surface area contributed by atoms with Crippen LogP contribution in [0.25, 0.3) is 0 Å². The summed E-state index contributed by atoms with van der Waals surface area (Å²) in [5.41, 5.74) is 2.37. The molecule has 1 fully saturated rings. The highest BCUT2D eigenvalue weighted by Crippen LogP contribution is 2.27. The number of nitrogens with one attached hydrogen (secondary N) is 1. The molecule has 5 nitrogen and oxygen atoms in total. The average molecular weight is 357 g/mol. The molecule has 26 heavy (non-hydrogen) atoms. The first kappa shape index (κ1) is 18.9. The monoisotopic (exact) mass is 357 g/mol. The molecule has 1 aromatic carbocycles. The van der Waals surface area contributed by atoms with Crippen molar-refractivity contribution >= 4 is 11.8 Å². The quantitative estimate of drug-likeness (QED) is 0.899. The summed E-state index contributed by atoms with van der Waals surface area (Å²) in [4.78, 5) is 30.1. The summed E-state index contributed by atoms with van der Waals surface area (Å²) in [6.07, 6.45) is 3.38. The largest absolute Gasteiger partial charge is 0.341 e. The van der Waals surface area contributed by atoms with E-state index in [4.69, 9.17) is 0 Å². The molecule has 2 atom stereocenters. The minimum atomic E-state index is -0.363. The van der Waals surface area contributed by atoms with E-state index in [2.05, 4.69) is 17.4 Å². The Labute approximate surface area is 156 Å². The molecule has 2 unspecified atom stereocenters. The Hall–Kier alpha value is -1.88. The SMILES string of the molecule is CCC(C)C(=O)N1Cc2ccccc2CC1C(=O)N1CCC(NC)CC1. The van der Waals surface area contributed by atoms with Gasteiger partial charge in [-0.3, -0.25) is 9.59 Å². The number of likely N-dealkylation sites (tertiary alicyclic amines) is 1. The second-order valence-electron chi connectivity index (χ2n) is 7.65. The first-order valence-corrected chi connectivity index (χ1v) is 9.88. The number of piperidine rings is 1. The van der Waals surface area contributed by atoms with Gasteiger partial charge >= 0.3 is 0 Å². The van der Waals surface area contributed by atoms with E-state index < -0.39 is 0 Å². The topological polar surface area (TPSA) is 52.7 Å². The number of nitrogens with zero attached hydrogens (tertiary/aromatic N) is 2. The number of benzene rings is 1. The number of rotatable bonds is 4. The second kappa shape index (κ2) is 8.21. The van der Waals surface area contributed by atoms with Gasteiger partial charge in [-0.05, 0) is 37.4 Å². The Morgan fingerprint density at radius 2 is 1.85 bits per heavy atom. The van der Waals surface area contributed by atoms with E-state index in [0.717, 1.165) is 32.4 Å². The van der Waals surface area contributed by atoms with Crippen LogP contribution in [0.4, 0.5) is 0 Å². The lowest BCUT2D eigenvalue weighted by Gasteiger charge is -2.41. The number of fused-ring (bicyclic) bond motifs is 1. The Balaban J connectivity index is 1.81. The van der Waals surface area contributed by atoms with Gasteiger partial charge in [-0.1, -0.05) is 38.1 Å². The van der Waals surface area contributed by atoms with Crippen molar-refractivity contribution < 1.29 is 9.59 Å². The van der Waals surface area contributed by atoms with Crippen molar-refractivity contribution in [3.8, 4) is 0 Å². The van der Waals surface area contributed by atoms with Gasteiger partial charge < -0.3 is 15.1 Å². The first-order valence-electron chi connectivity index (χ1n) is 9.88. The molecule has 5 heteroatoms. The van der Waals surface area contributed by atoms with Gasteiger partial charge in [-0.2, -0.15) is 0 Å². The van der Waals surface area contributed by atoms with E-state index in [0.29, 0.717) is 19.0 Å². The Kier molecular flexibility index (Phi) is 5.97. The molecule has 2 heterocycles. The molecule has 0 bridgehead atoms. The number of hydrogen-bond acceptors (Lipinski definition) is 3. The van der Waals surface area contributed by atoms with Crippen LogP contribution < -0.4 is 5.32 Å². The fourth-order valence-electron chi connectivity index (χ4n) is 4.03. The standard InChI is InChI=1S/C21H31N3O2/c1-4-15(2)20(25)24-14-17-8-6-5-7-16(17)13-19(24)21(26)23-11-9-18(22-3)10-12-23/h5-8,15,18-19,22H,4,9-14H2,1-3H3. The van der Waals surface area contributed by atoms with Gasteiger partial charge in [0.1, 0.15) is 6.04 Å². The maximum atomic E-state index is 13.3. The third-order valence-corrected chi connectivity index (χ3v) is 6.07. The molecule has 2 aliphatic heterocycles. The van der Waals surface area contributed by atoms with Crippen molar-refractivity contribution in [1.29, 1.82) is 0 Å². The Morgan fingerprint density at radius 1 is 1.19 bits per heavy atom. The smallest absolute Gasteiger partial charge is 0.245 e. The molecule has 0 saturated carbocycles. The molecule has 0 aliphatic carbocycles. The highest BCUT2D eigenvalue weighted by Gasteiger charge is 2.38. The summed E-state index contributed by atoms with van der Waals surface area (Å²) in [7, 11) is 1.98. The van der Waals surface area contributed by atoms with Crippen molar-refractivity contribution in [3.05, 3.63) is 35.4 Å². The molecular formula is C21H31N3O2. The molecule has 1 N–H and O–H groups in total. The highest BCUT2D eigenvalue weighted by atomic mass is 16.2. The van der Waals surface area contributed by atoms with E-state index in [1.165, 1.54) is 11.1 Å². The van der Waals surface area contributed by atoms with E-state index in [1.807, 2.05) is 42.8 Å². The maximum absolute atomic E-state index is 13.3. The summed E-state index contributed by atoms with van der Waals surface area (Å²) in [5, 5.41) is 3.30. The van der Waals surface area contributed by atoms with Gasteiger partial charge in [0.05, 0.1) is 0 Å². The zero-order chi connectivity index (χ0) is 18.7. The summed E-state index contributed by atoms with van der Waals surface area (Å²) >= 11 is 0. The van der Waals surface area contributed by atoms with Crippen molar-refractivity contribution in [2.75, 3.05) is 20.1 Å². The molecule has 3 rings (SSSR count). The van der Waals surface area contributed by atoms with E-state index in [9.17, 15) is 9.59 Å². The fourth-order valence-corrected chi connectivity index (χ4v) is 4.03. The van der Waals surface area contributed by atoms with Crippen LogP contribution in [0, 0.1) is 5.92 Å². The minimum Gasteiger partial charge on any atom is -0.341 e. The predicted octanol–water partition coefficient (Wildman–Crippen LogP) is 2.20. The molecule has 2 aliphatic rings. The van der Waals surface area contributed by atoms with Gasteiger partial charge in [-0.25, -0.2) is 0 Å². The highest BCUT2D eigenvalue weighted by molar-refractivity contribution is 5.89. The summed E-state index contributed by atoms with van der Waals surface area (Å²) in [6.45, 7) is 6.08. The molecule has 0 spiro atoms. The molecule has 1 saturated heterocycles. The fraction of sp³-hybridized carbons (Fsp3) is 0.619. The lowest BCUT2D eigenvalue weighted by atomic mass is 9.91. The zero-order valence-electron chi connectivity index (χ0n) is 16.2. The van der Waals surface area contributed by atoms with Crippen LogP contribution in [-0.4, -0.2) is 53.8 Å². The van der Waals surface area contributed by atoms with E-state index >= 15 is 0 Å². The third-order valence-electron chi connectivity index (χ3n) is 6.07. The average Bonchev–Trinajstić information content (AvgIpc) is 2.71. The minimum absolute atomic E-state index is 0.0504. The summed E-state index contributed by atoms with van der Waals surface area (Å²) < 4.78 is 0. The second-order valence-corrected chi connectivity index (χ2v) is 7.65. The number of carbonyl (C=O) groups excluding carboxylic acids is 2. The van der Waals surface area contributed by atoms with Crippen LogP contribution in [-0.2, 0) is 22.6 Å². The summed E-state index contributed by atoms with van der Waals surface area (Å²) in [5.74, 6) is 0.168. The van der Waals surface area contributed by atoms with Crippen LogP contribution in [0.15, 0.2) is 24.3 Å². The molecule has 2 amide bonds. The molecule has 1 aromatic rings. The van der Waals surface area contributed by atoms with Crippen LogP contribution in [0.3, 0.4) is 0 Å². The van der Waals surface area contributed by atoms with Crippen LogP contribution >= 0.6 is 0 Å². The van der Waals surface area contributed by atoms with Gasteiger partial charge in [0.15, 0.2) is 0 Å². The van der Waals surface area contributed by atoms with Gasteiger partial charge in [0.2, 0.25) is 11.8 Å². The molecular weight excluding hydrogens is 326 g/mol. The van der Waals surface area contributed by atoms with Crippen LogP contribution in [0.1, 0.15) is 44.2 Å². The number of hydrogen-bond donors (Lipinski definition) is 1. The maximum Gasteiger partial charge on any atom is 0.245 e. The van der Waals surface area contributed by atoms with Crippen molar-refractivity contribution in [3.63, 3.8) is 0 Å². The van der Waals surface area contributed by atoms with Gasteiger partial charge in [0, 0.05) is 38.0 Å². The van der Waals surface area contributed by atoms with Crippen LogP contribution in [0.2, 0.25) is 0 Å². The van der Waals surface area contributed by atoms with E-state index in [-0.39, 0.29) is 23.8 Å². The van der Waals surface area contributed by atoms with Crippen LogP contribution in [0.5, 0.6) is 0 Å². The van der Waals surface area contributed by atoms with E-state index in [1.54, 1.807) is 0 Å². The first-order chi connectivity index (χ1) is 12.5. The summed E-state index contributed by atoms with van der Waals surface area (Å²) in [6, 6.07) is 8.32. The lowest BCUT2D eigenvalue weighted by Crippen LogP contribution is -2.56. The zero-order valence-corrected chi connectivity index (χ0v) is 16.2. The lowest BCUT2D eigenvalue weighted by molar-refractivity contribution is -0.149. The van der Waals surface area contributed by atoms with Gasteiger partial charge in [0.25, 0.3) is 0 Å². The molecule has 0 radical (unpaired) electrons. The predicted molar refractivity (Wildman–Crippen MR) is 103 cm³/mol.